The lowest BCUT2D eigenvalue weighted by Crippen LogP contribution is -2.40. The summed E-state index contributed by atoms with van der Waals surface area (Å²) in [6.45, 7) is 4.92. The summed E-state index contributed by atoms with van der Waals surface area (Å²) in [5.74, 6) is -0.0428. The maximum Gasteiger partial charge on any atom is 0.239 e. The topological polar surface area (TPSA) is 92.5 Å². The number of fused-ring (bicyclic) bond motifs is 1. The van der Waals surface area contributed by atoms with Crippen molar-refractivity contribution < 1.29 is 13.2 Å². The first kappa shape index (κ1) is 19.4. The van der Waals surface area contributed by atoms with Crippen LogP contribution in [0.5, 0.6) is 0 Å². The number of rotatable bonds is 6. The van der Waals surface area contributed by atoms with Crippen LogP contribution in [0.4, 0.5) is 5.69 Å². The first-order chi connectivity index (χ1) is 12.8. The number of sulfonamides is 1. The molecule has 0 spiro atoms. The summed E-state index contributed by atoms with van der Waals surface area (Å²) in [7, 11) is -3.72. The summed E-state index contributed by atoms with van der Waals surface area (Å²) < 4.78 is 23.1. The van der Waals surface area contributed by atoms with Crippen molar-refractivity contribution >= 4 is 21.6 Å². The minimum atomic E-state index is -3.72. The second-order valence-corrected chi connectivity index (χ2v) is 8.60. The molecule has 144 valence electrons. The lowest BCUT2D eigenvalue weighted by molar-refractivity contribution is -0.119. The Labute approximate surface area is 160 Å². The molecule has 1 heterocycles. The predicted molar refractivity (Wildman–Crippen MR) is 106 cm³/mol. The number of nitrogens with one attached hydrogen (secondary N) is 1. The molecule has 1 amide bonds. The minimum absolute atomic E-state index is 0.0428. The van der Waals surface area contributed by atoms with Crippen LogP contribution in [-0.4, -0.2) is 33.5 Å². The highest BCUT2D eigenvalue weighted by Crippen LogP contribution is 2.33. The molecule has 0 aliphatic carbocycles. The molecule has 2 aromatic carbocycles. The Morgan fingerprint density at radius 1 is 1.26 bits per heavy atom. The van der Waals surface area contributed by atoms with Gasteiger partial charge in [-0.1, -0.05) is 24.3 Å². The van der Waals surface area contributed by atoms with E-state index in [2.05, 4.69) is 24.4 Å². The Balaban J connectivity index is 1.61. The van der Waals surface area contributed by atoms with Crippen LogP contribution in [0.3, 0.4) is 0 Å². The summed E-state index contributed by atoms with van der Waals surface area (Å²) in [5.41, 5.74) is 4.25. The van der Waals surface area contributed by atoms with Crippen LogP contribution in [0, 0.1) is 6.92 Å². The fourth-order valence-corrected chi connectivity index (χ4v) is 4.09. The van der Waals surface area contributed by atoms with Gasteiger partial charge in [0.2, 0.25) is 15.9 Å². The molecule has 0 saturated heterocycles. The number of benzene rings is 2. The zero-order valence-corrected chi connectivity index (χ0v) is 16.4. The molecule has 0 aromatic heterocycles. The largest absolute Gasteiger partial charge is 0.359 e. The van der Waals surface area contributed by atoms with E-state index in [1.54, 1.807) is 12.1 Å². The SMILES string of the molecule is Cc1ccccc1CCNC(=O)CN1c2ccc(S(N)(=O)=O)cc2CC1C. The van der Waals surface area contributed by atoms with Gasteiger partial charge in [0.05, 0.1) is 11.4 Å². The molecule has 7 heteroatoms. The number of carbonyl (C=O) groups is 1. The lowest BCUT2D eigenvalue weighted by Gasteiger charge is -2.24. The van der Waals surface area contributed by atoms with Crippen molar-refractivity contribution in [2.75, 3.05) is 18.0 Å². The molecule has 0 saturated carbocycles. The normalized spacial score (nSPS) is 16.3. The van der Waals surface area contributed by atoms with Gasteiger partial charge in [0.25, 0.3) is 0 Å². The highest BCUT2D eigenvalue weighted by Gasteiger charge is 2.28. The van der Waals surface area contributed by atoms with Crippen molar-refractivity contribution in [1.29, 1.82) is 0 Å². The maximum absolute atomic E-state index is 12.4. The van der Waals surface area contributed by atoms with Gasteiger partial charge in [-0.15, -0.1) is 0 Å². The minimum Gasteiger partial charge on any atom is -0.359 e. The molecule has 1 unspecified atom stereocenters. The third-order valence-corrected chi connectivity index (χ3v) is 5.94. The van der Waals surface area contributed by atoms with Crippen LogP contribution in [0.2, 0.25) is 0 Å². The van der Waals surface area contributed by atoms with Crippen LogP contribution < -0.4 is 15.4 Å². The van der Waals surface area contributed by atoms with Crippen LogP contribution in [0.25, 0.3) is 0 Å². The fourth-order valence-electron chi connectivity index (χ4n) is 3.53. The summed E-state index contributed by atoms with van der Waals surface area (Å²) >= 11 is 0. The number of hydrogen-bond acceptors (Lipinski definition) is 4. The van der Waals surface area contributed by atoms with E-state index in [1.807, 2.05) is 24.0 Å². The van der Waals surface area contributed by atoms with Crippen molar-refractivity contribution in [1.82, 2.24) is 5.32 Å². The van der Waals surface area contributed by atoms with Crippen molar-refractivity contribution in [3.63, 3.8) is 0 Å². The van der Waals surface area contributed by atoms with Gasteiger partial charge in [-0.05, 0) is 61.6 Å². The monoisotopic (exact) mass is 387 g/mol. The third-order valence-electron chi connectivity index (χ3n) is 5.03. The van der Waals surface area contributed by atoms with Crippen LogP contribution in [0.1, 0.15) is 23.6 Å². The van der Waals surface area contributed by atoms with Crippen molar-refractivity contribution in [3.8, 4) is 0 Å². The van der Waals surface area contributed by atoms with Gasteiger partial charge in [0, 0.05) is 18.3 Å². The molecule has 2 aromatic rings. The molecule has 6 nitrogen and oxygen atoms in total. The third kappa shape index (κ3) is 4.48. The van der Waals surface area contributed by atoms with Crippen molar-refractivity contribution in [2.45, 2.75) is 37.6 Å². The lowest BCUT2D eigenvalue weighted by atomic mass is 10.1. The van der Waals surface area contributed by atoms with Gasteiger partial charge < -0.3 is 10.2 Å². The smallest absolute Gasteiger partial charge is 0.239 e. The van der Waals surface area contributed by atoms with Gasteiger partial charge >= 0.3 is 0 Å². The van der Waals surface area contributed by atoms with Gasteiger partial charge in [-0.25, -0.2) is 13.6 Å². The highest BCUT2D eigenvalue weighted by molar-refractivity contribution is 7.89. The van der Waals surface area contributed by atoms with E-state index in [-0.39, 0.29) is 23.4 Å². The standard InChI is InChI=1S/C20H25N3O3S/c1-14-5-3-4-6-16(14)9-10-22-20(24)13-23-15(2)11-17-12-18(27(21,25)26)7-8-19(17)23/h3-8,12,15H,9-11,13H2,1-2H3,(H,22,24)(H2,21,25,26). The number of aryl methyl sites for hydroxylation is 1. The second kappa shape index (κ2) is 7.70. The van der Waals surface area contributed by atoms with Gasteiger partial charge in [-0.2, -0.15) is 0 Å². The number of nitrogens with zero attached hydrogens (tertiary/aromatic N) is 1. The molecule has 3 N–H and O–H groups in total. The summed E-state index contributed by atoms with van der Waals surface area (Å²) in [6, 6.07) is 13.1. The number of primary sulfonamides is 1. The second-order valence-electron chi connectivity index (χ2n) is 7.04. The molecule has 27 heavy (non-hydrogen) atoms. The zero-order valence-electron chi connectivity index (χ0n) is 15.6. The molecular weight excluding hydrogens is 362 g/mol. The van der Waals surface area contributed by atoms with Crippen LogP contribution in [0.15, 0.2) is 47.4 Å². The Kier molecular flexibility index (Phi) is 5.53. The summed E-state index contributed by atoms with van der Waals surface area (Å²) in [4.78, 5) is 14.5. The van der Waals surface area contributed by atoms with Gasteiger partial charge in [-0.3, -0.25) is 4.79 Å². The van der Waals surface area contributed by atoms with E-state index in [0.29, 0.717) is 13.0 Å². The quantitative estimate of drug-likeness (QED) is 0.790. The number of hydrogen-bond donors (Lipinski definition) is 2. The first-order valence-electron chi connectivity index (χ1n) is 8.99. The Bertz CT molecular complexity index is 957. The van der Waals surface area contributed by atoms with Crippen LogP contribution in [-0.2, 0) is 27.7 Å². The molecule has 1 atom stereocenters. The Morgan fingerprint density at radius 2 is 2.00 bits per heavy atom. The molecular formula is C20H25N3O3S. The first-order valence-corrected chi connectivity index (χ1v) is 10.5. The summed E-state index contributed by atoms with van der Waals surface area (Å²) in [6.07, 6.45) is 1.48. The van der Waals surface area contributed by atoms with Gasteiger partial charge in [0.15, 0.2) is 0 Å². The number of amides is 1. The van der Waals surface area contributed by atoms with E-state index in [1.165, 1.54) is 17.2 Å². The van der Waals surface area contributed by atoms with Crippen molar-refractivity contribution in [3.05, 3.63) is 59.2 Å². The van der Waals surface area contributed by atoms with Crippen LogP contribution >= 0.6 is 0 Å². The van der Waals surface area contributed by atoms with Gasteiger partial charge in [0.1, 0.15) is 0 Å². The number of carbonyl (C=O) groups excluding carboxylic acids is 1. The van der Waals surface area contributed by atoms with Crippen molar-refractivity contribution in [2.24, 2.45) is 5.14 Å². The summed E-state index contributed by atoms with van der Waals surface area (Å²) in [5, 5.41) is 8.18. The van der Waals surface area contributed by atoms with E-state index < -0.39 is 10.0 Å². The molecule has 0 fully saturated rings. The van der Waals surface area contributed by atoms with E-state index in [0.717, 1.165) is 17.7 Å². The fraction of sp³-hybridized carbons (Fsp3) is 0.350. The zero-order chi connectivity index (χ0) is 19.6. The maximum atomic E-state index is 12.4. The average molecular weight is 388 g/mol. The average Bonchev–Trinajstić information content (AvgIpc) is 2.91. The Morgan fingerprint density at radius 3 is 2.70 bits per heavy atom. The highest BCUT2D eigenvalue weighted by atomic mass is 32.2. The van der Waals surface area contributed by atoms with E-state index >= 15 is 0 Å². The van der Waals surface area contributed by atoms with E-state index in [9.17, 15) is 13.2 Å². The molecule has 1 aliphatic heterocycles. The Hall–Kier alpha value is -2.38. The number of nitrogens with two attached hydrogens (primary N) is 1. The molecule has 0 radical (unpaired) electrons. The predicted octanol–water partition coefficient (Wildman–Crippen LogP) is 1.75. The van der Waals surface area contributed by atoms with E-state index in [4.69, 9.17) is 5.14 Å². The molecule has 0 bridgehead atoms. The molecule has 3 rings (SSSR count). The number of anilines is 1. The molecule has 1 aliphatic rings.